The first-order chi connectivity index (χ1) is 13.6. The van der Waals surface area contributed by atoms with E-state index in [2.05, 4.69) is 5.16 Å². The standard InChI is InChI=1S/C22H27N3O3/c1-24(15-19-13-20(23-28-19)16-7-3-2-4-8-16)22(27)17-11-12-21(26)25(14-17)18-9-5-6-10-18/h2-4,7-8,13,17-18H,5-6,9-12,14-15H2,1H3/t17-/m1/s1. The lowest BCUT2D eigenvalue weighted by molar-refractivity contribution is -0.144. The van der Waals surface area contributed by atoms with Crippen molar-refractivity contribution in [3.8, 4) is 11.3 Å². The largest absolute Gasteiger partial charge is 0.359 e. The Labute approximate surface area is 165 Å². The van der Waals surface area contributed by atoms with E-state index in [1.165, 1.54) is 12.8 Å². The molecule has 6 nitrogen and oxygen atoms in total. The highest BCUT2D eigenvalue weighted by Gasteiger charge is 2.36. The molecule has 2 amide bonds. The van der Waals surface area contributed by atoms with Crippen LogP contribution in [0.25, 0.3) is 11.3 Å². The zero-order valence-electron chi connectivity index (χ0n) is 16.3. The maximum atomic E-state index is 13.0. The molecule has 1 atom stereocenters. The van der Waals surface area contributed by atoms with Crippen molar-refractivity contribution in [3.05, 3.63) is 42.2 Å². The average molecular weight is 381 g/mol. The summed E-state index contributed by atoms with van der Waals surface area (Å²) in [7, 11) is 1.80. The van der Waals surface area contributed by atoms with E-state index in [0.29, 0.717) is 37.7 Å². The molecule has 0 bridgehead atoms. The van der Waals surface area contributed by atoms with Crippen molar-refractivity contribution in [2.75, 3.05) is 13.6 Å². The second kappa shape index (κ2) is 8.17. The van der Waals surface area contributed by atoms with Crippen LogP contribution in [-0.4, -0.2) is 46.4 Å². The first kappa shape index (κ1) is 18.7. The van der Waals surface area contributed by atoms with Gasteiger partial charge in [0, 0.05) is 37.7 Å². The van der Waals surface area contributed by atoms with Crippen LogP contribution >= 0.6 is 0 Å². The number of rotatable bonds is 5. The van der Waals surface area contributed by atoms with Gasteiger partial charge < -0.3 is 14.3 Å². The minimum absolute atomic E-state index is 0.0770. The molecule has 6 heteroatoms. The SMILES string of the molecule is CN(Cc1cc(-c2ccccc2)no1)C(=O)[C@@H]1CCC(=O)N(C2CCCC2)C1. The van der Waals surface area contributed by atoms with Crippen molar-refractivity contribution in [1.82, 2.24) is 15.0 Å². The van der Waals surface area contributed by atoms with Crippen LogP contribution in [0.2, 0.25) is 0 Å². The Balaban J connectivity index is 1.38. The molecule has 0 spiro atoms. The molecule has 1 saturated carbocycles. The van der Waals surface area contributed by atoms with E-state index in [9.17, 15) is 9.59 Å². The average Bonchev–Trinajstić information content (AvgIpc) is 3.41. The van der Waals surface area contributed by atoms with E-state index < -0.39 is 0 Å². The van der Waals surface area contributed by atoms with E-state index >= 15 is 0 Å². The summed E-state index contributed by atoms with van der Waals surface area (Å²) >= 11 is 0. The quantitative estimate of drug-likeness (QED) is 0.795. The summed E-state index contributed by atoms with van der Waals surface area (Å²) in [6.45, 7) is 0.935. The highest BCUT2D eigenvalue weighted by Crippen LogP contribution is 2.29. The molecule has 28 heavy (non-hydrogen) atoms. The summed E-state index contributed by atoms with van der Waals surface area (Å²) in [5.41, 5.74) is 1.76. The predicted molar refractivity (Wildman–Crippen MR) is 105 cm³/mol. The number of piperidine rings is 1. The van der Waals surface area contributed by atoms with Gasteiger partial charge in [-0.3, -0.25) is 9.59 Å². The second-order valence-corrected chi connectivity index (χ2v) is 7.96. The molecule has 1 aliphatic carbocycles. The first-order valence-corrected chi connectivity index (χ1v) is 10.2. The number of benzene rings is 1. The van der Waals surface area contributed by atoms with Gasteiger partial charge in [-0.05, 0) is 19.3 Å². The lowest BCUT2D eigenvalue weighted by atomic mass is 9.94. The Morgan fingerprint density at radius 3 is 2.71 bits per heavy atom. The molecule has 1 aliphatic heterocycles. The van der Waals surface area contributed by atoms with Gasteiger partial charge in [0.15, 0.2) is 5.76 Å². The monoisotopic (exact) mass is 381 g/mol. The summed E-state index contributed by atoms with van der Waals surface area (Å²) in [6.07, 6.45) is 5.62. The molecule has 1 saturated heterocycles. The normalized spacial score (nSPS) is 20.5. The predicted octanol–water partition coefficient (Wildman–Crippen LogP) is 3.48. The van der Waals surface area contributed by atoms with Crippen LogP contribution in [0.15, 0.2) is 40.9 Å². The van der Waals surface area contributed by atoms with Gasteiger partial charge in [-0.2, -0.15) is 0 Å². The van der Waals surface area contributed by atoms with Crippen LogP contribution in [0, 0.1) is 5.92 Å². The molecular formula is C22H27N3O3. The maximum absolute atomic E-state index is 13.0. The Kier molecular flexibility index (Phi) is 5.46. The van der Waals surface area contributed by atoms with Crippen LogP contribution in [-0.2, 0) is 16.1 Å². The number of aromatic nitrogens is 1. The third kappa shape index (κ3) is 3.96. The molecule has 0 radical (unpaired) electrons. The summed E-state index contributed by atoms with van der Waals surface area (Å²) in [4.78, 5) is 29.0. The number of nitrogens with zero attached hydrogens (tertiary/aromatic N) is 3. The molecule has 2 heterocycles. The fourth-order valence-electron chi connectivity index (χ4n) is 4.40. The molecule has 1 aromatic heterocycles. The van der Waals surface area contributed by atoms with Crippen LogP contribution in [0.5, 0.6) is 0 Å². The number of likely N-dealkylation sites (tertiary alicyclic amines) is 1. The van der Waals surface area contributed by atoms with E-state index in [1.807, 2.05) is 41.3 Å². The molecule has 1 aromatic carbocycles. The Bertz CT molecular complexity index is 827. The van der Waals surface area contributed by atoms with E-state index in [1.54, 1.807) is 11.9 Å². The Morgan fingerprint density at radius 2 is 1.96 bits per heavy atom. The molecule has 148 valence electrons. The third-order valence-corrected chi connectivity index (χ3v) is 5.96. The topological polar surface area (TPSA) is 66.7 Å². The fourth-order valence-corrected chi connectivity index (χ4v) is 4.40. The second-order valence-electron chi connectivity index (χ2n) is 7.96. The molecule has 2 aliphatic rings. The Morgan fingerprint density at radius 1 is 1.21 bits per heavy atom. The van der Waals surface area contributed by atoms with Crippen LogP contribution in [0.3, 0.4) is 0 Å². The lowest BCUT2D eigenvalue weighted by Crippen LogP contribution is -2.49. The van der Waals surface area contributed by atoms with Gasteiger partial charge in [-0.25, -0.2) is 0 Å². The molecule has 2 fully saturated rings. The van der Waals surface area contributed by atoms with Crippen LogP contribution in [0.1, 0.15) is 44.3 Å². The number of amides is 2. The number of hydrogen-bond acceptors (Lipinski definition) is 4. The van der Waals surface area contributed by atoms with Crippen molar-refractivity contribution in [2.45, 2.75) is 51.1 Å². The number of carbonyl (C=O) groups excluding carboxylic acids is 2. The van der Waals surface area contributed by atoms with Crippen molar-refractivity contribution in [3.63, 3.8) is 0 Å². The van der Waals surface area contributed by atoms with Gasteiger partial charge in [-0.15, -0.1) is 0 Å². The fraction of sp³-hybridized carbons (Fsp3) is 0.500. The van der Waals surface area contributed by atoms with Crippen molar-refractivity contribution in [1.29, 1.82) is 0 Å². The molecule has 0 N–H and O–H groups in total. The van der Waals surface area contributed by atoms with Crippen molar-refractivity contribution >= 4 is 11.8 Å². The summed E-state index contributed by atoms with van der Waals surface area (Å²) in [6, 6.07) is 12.0. The minimum atomic E-state index is -0.125. The van der Waals surface area contributed by atoms with Crippen LogP contribution < -0.4 is 0 Å². The summed E-state index contributed by atoms with van der Waals surface area (Å²) in [5.74, 6) is 0.823. The van der Waals surface area contributed by atoms with E-state index in [4.69, 9.17) is 4.52 Å². The van der Waals surface area contributed by atoms with E-state index in [0.717, 1.165) is 24.1 Å². The van der Waals surface area contributed by atoms with Gasteiger partial charge in [0.25, 0.3) is 0 Å². The summed E-state index contributed by atoms with van der Waals surface area (Å²) < 4.78 is 5.44. The molecule has 2 aromatic rings. The molecule has 0 unspecified atom stereocenters. The smallest absolute Gasteiger partial charge is 0.227 e. The highest BCUT2D eigenvalue weighted by atomic mass is 16.5. The summed E-state index contributed by atoms with van der Waals surface area (Å²) in [5, 5.41) is 4.12. The first-order valence-electron chi connectivity index (χ1n) is 10.2. The van der Waals surface area contributed by atoms with Gasteiger partial charge in [-0.1, -0.05) is 48.3 Å². The van der Waals surface area contributed by atoms with Gasteiger partial charge in [0.05, 0.1) is 12.5 Å². The Hall–Kier alpha value is -2.63. The molecule has 4 rings (SSSR count). The number of hydrogen-bond donors (Lipinski definition) is 0. The number of carbonyl (C=O) groups is 2. The molecular weight excluding hydrogens is 354 g/mol. The van der Waals surface area contributed by atoms with Gasteiger partial charge in [0.2, 0.25) is 11.8 Å². The van der Waals surface area contributed by atoms with Gasteiger partial charge in [0.1, 0.15) is 5.69 Å². The zero-order chi connectivity index (χ0) is 19.5. The zero-order valence-corrected chi connectivity index (χ0v) is 16.3. The maximum Gasteiger partial charge on any atom is 0.227 e. The minimum Gasteiger partial charge on any atom is -0.359 e. The van der Waals surface area contributed by atoms with E-state index in [-0.39, 0.29) is 17.7 Å². The highest BCUT2D eigenvalue weighted by molar-refractivity contribution is 5.84. The van der Waals surface area contributed by atoms with Crippen molar-refractivity contribution < 1.29 is 14.1 Å². The van der Waals surface area contributed by atoms with Crippen molar-refractivity contribution in [2.24, 2.45) is 5.92 Å². The third-order valence-electron chi connectivity index (χ3n) is 5.96. The van der Waals surface area contributed by atoms with Crippen LogP contribution in [0.4, 0.5) is 0 Å². The lowest BCUT2D eigenvalue weighted by Gasteiger charge is -2.37. The van der Waals surface area contributed by atoms with Gasteiger partial charge >= 0.3 is 0 Å².